The highest BCUT2D eigenvalue weighted by molar-refractivity contribution is 9.10. The van der Waals surface area contributed by atoms with E-state index in [0.717, 1.165) is 22.0 Å². The molecule has 5 nitrogen and oxygen atoms in total. The smallest absolute Gasteiger partial charge is 0.261 e. The molecular weight excluding hydrogens is 439 g/mol. The molecule has 0 spiro atoms. The van der Waals surface area contributed by atoms with Gasteiger partial charge >= 0.3 is 0 Å². The van der Waals surface area contributed by atoms with Crippen LogP contribution in [-0.4, -0.2) is 36.4 Å². The third kappa shape index (κ3) is 6.29. The molecule has 0 heterocycles. The lowest BCUT2D eigenvalue weighted by Crippen LogP contribution is -2.49. The molecule has 0 saturated heterocycles. The number of ether oxygens (including phenoxy) is 1. The molecule has 0 radical (unpaired) electrons. The zero-order chi connectivity index (χ0) is 21.4. The standard InChI is InChI=1S/C22H26BrFN2O3/c1-4-15-8-11-20(18(23)12-15)29-14-21(27)26(19(5-2)22(28)25-3)13-16-6-9-17(24)10-7-16/h6-12,19H,4-5,13-14H2,1-3H3,(H,25,28)/t19-/m1/s1. The molecule has 29 heavy (non-hydrogen) atoms. The van der Waals surface area contributed by atoms with Gasteiger partial charge in [-0.25, -0.2) is 4.39 Å². The third-order valence-corrected chi connectivity index (χ3v) is 5.27. The highest BCUT2D eigenvalue weighted by Crippen LogP contribution is 2.26. The number of nitrogens with zero attached hydrogens (tertiary/aromatic N) is 1. The number of halogens is 2. The molecule has 0 saturated carbocycles. The van der Waals surface area contributed by atoms with Crippen LogP contribution in [0.2, 0.25) is 0 Å². The van der Waals surface area contributed by atoms with Gasteiger partial charge in [0.05, 0.1) is 4.47 Å². The molecule has 1 N–H and O–H groups in total. The summed E-state index contributed by atoms with van der Waals surface area (Å²) in [7, 11) is 1.54. The van der Waals surface area contributed by atoms with Crippen molar-refractivity contribution in [3.05, 3.63) is 63.9 Å². The summed E-state index contributed by atoms with van der Waals surface area (Å²) in [5.74, 6) is -0.369. The van der Waals surface area contributed by atoms with Crippen molar-refractivity contribution in [2.45, 2.75) is 39.3 Å². The van der Waals surface area contributed by atoms with Crippen molar-refractivity contribution in [3.63, 3.8) is 0 Å². The van der Waals surface area contributed by atoms with Crippen LogP contribution in [0.25, 0.3) is 0 Å². The molecule has 156 valence electrons. The van der Waals surface area contributed by atoms with E-state index in [2.05, 4.69) is 28.2 Å². The highest BCUT2D eigenvalue weighted by atomic mass is 79.9. The van der Waals surface area contributed by atoms with E-state index < -0.39 is 6.04 Å². The molecule has 1 atom stereocenters. The van der Waals surface area contributed by atoms with Crippen LogP contribution in [0.1, 0.15) is 31.4 Å². The first-order chi connectivity index (χ1) is 13.9. The van der Waals surface area contributed by atoms with Gasteiger partial charge in [0.1, 0.15) is 17.6 Å². The Kier molecular flexibility index (Phi) is 8.64. The van der Waals surface area contributed by atoms with Crippen molar-refractivity contribution in [1.29, 1.82) is 0 Å². The van der Waals surface area contributed by atoms with E-state index in [1.54, 1.807) is 12.1 Å². The normalized spacial score (nSPS) is 11.6. The summed E-state index contributed by atoms with van der Waals surface area (Å²) in [4.78, 5) is 26.8. The summed E-state index contributed by atoms with van der Waals surface area (Å²) >= 11 is 3.46. The predicted molar refractivity (Wildman–Crippen MR) is 114 cm³/mol. The number of carbonyl (C=O) groups is 2. The summed E-state index contributed by atoms with van der Waals surface area (Å²) in [6.45, 7) is 3.87. The van der Waals surface area contributed by atoms with E-state index in [0.29, 0.717) is 12.2 Å². The van der Waals surface area contributed by atoms with Gasteiger partial charge in [-0.1, -0.05) is 32.0 Å². The Labute approximate surface area is 179 Å². The Morgan fingerprint density at radius 2 is 1.79 bits per heavy atom. The fraction of sp³-hybridized carbons (Fsp3) is 0.364. The van der Waals surface area contributed by atoms with E-state index in [9.17, 15) is 14.0 Å². The molecule has 0 aliphatic rings. The van der Waals surface area contributed by atoms with Crippen LogP contribution in [-0.2, 0) is 22.6 Å². The Balaban J connectivity index is 2.18. The minimum atomic E-state index is -0.646. The molecule has 0 unspecified atom stereocenters. The first kappa shape index (κ1) is 22.9. The minimum absolute atomic E-state index is 0.185. The number of carbonyl (C=O) groups excluding carboxylic acids is 2. The van der Waals surface area contributed by atoms with Crippen LogP contribution in [0, 0.1) is 5.82 Å². The maximum absolute atomic E-state index is 13.2. The number of likely N-dealkylation sites (N-methyl/N-ethyl adjacent to an activating group) is 1. The first-order valence-electron chi connectivity index (χ1n) is 9.56. The van der Waals surface area contributed by atoms with E-state index in [1.165, 1.54) is 24.1 Å². The Morgan fingerprint density at radius 3 is 2.34 bits per heavy atom. The number of hydrogen-bond acceptors (Lipinski definition) is 3. The summed E-state index contributed by atoms with van der Waals surface area (Å²) < 4.78 is 19.7. The molecular formula is C22H26BrFN2O3. The maximum atomic E-state index is 13.2. The SMILES string of the molecule is CCc1ccc(OCC(=O)N(Cc2ccc(F)cc2)[C@H](CC)C(=O)NC)c(Br)c1. The lowest BCUT2D eigenvalue weighted by Gasteiger charge is -2.30. The Hall–Kier alpha value is -2.41. The molecule has 2 rings (SSSR count). The van der Waals surface area contributed by atoms with Gasteiger partial charge in [-0.2, -0.15) is 0 Å². The summed E-state index contributed by atoms with van der Waals surface area (Å²) in [5.41, 5.74) is 1.88. The summed E-state index contributed by atoms with van der Waals surface area (Å²) in [6, 6.07) is 10.9. The van der Waals surface area contributed by atoms with Gasteiger partial charge in [-0.05, 0) is 64.2 Å². The van der Waals surface area contributed by atoms with Gasteiger partial charge in [0.2, 0.25) is 5.91 Å². The van der Waals surface area contributed by atoms with Gasteiger partial charge in [-0.15, -0.1) is 0 Å². The second-order valence-corrected chi connectivity index (χ2v) is 7.45. The molecule has 0 fully saturated rings. The largest absolute Gasteiger partial charge is 0.483 e. The topological polar surface area (TPSA) is 58.6 Å². The molecule has 2 aromatic rings. The first-order valence-corrected chi connectivity index (χ1v) is 10.4. The average Bonchev–Trinajstić information content (AvgIpc) is 2.73. The molecule has 7 heteroatoms. The zero-order valence-corrected chi connectivity index (χ0v) is 18.5. The fourth-order valence-electron chi connectivity index (χ4n) is 2.98. The summed E-state index contributed by atoms with van der Waals surface area (Å²) in [6.07, 6.45) is 1.34. The van der Waals surface area contributed by atoms with Crippen molar-refractivity contribution in [2.75, 3.05) is 13.7 Å². The quantitative estimate of drug-likeness (QED) is 0.607. The van der Waals surface area contributed by atoms with Crippen molar-refractivity contribution >= 4 is 27.7 Å². The Bertz CT molecular complexity index is 842. The van der Waals surface area contributed by atoms with Gasteiger partial charge < -0.3 is 15.0 Å². The Morgan fingerprint density at radius 1 is 1.14 bits per heavy atom. The second-order valence-electron chi connectivity index (χ2n) is 6.59. The number of rotatable bonds is 9. The fourth-order valence-corrected chi connectivity index (χ4v) is 3.52. The van der Waals surface area contributed by atoms with Crippen molar-refractivity contribution in [1.82, 2.24) is 10.2 Å². The van der Waals surface area contributed by atoms with Gasteiger partial charge in [0.25, 0.3) is 5.91 Å². The van der Waals surface area contributed by atoms with Crippen LogP contribution >= 0.6 is 15.9 Å². The zero-order valence-electron chi connectivity index (χ0n) is 16.9. The summed E-state index contributed by atoms with van der Waals surface area (Å²) in [5, 5.41) is 2.60. The number of benzene rings is 2. The molecule has 0 bridgehead atoms. The molecule has 0 aliphatic carbocycles. The highest BCUT2D eigenvalue weighted by Gasteiger charge is 2.28. The number of hydrogen-bond donors (Lipinski definition) is 1. The maximum Gasteiger partial charge on any atom is 0.261 e. The molecule has 2 amide bonds. The average molecular weight is 465 g/mol. The van der Waals surface area contributed by atoms with Crippen LogP contribution in [0.5, 0.6) is 5.75 Å². The van der Waals surface area contributed by atoms with Crippen LogP contribution in [0.4, 0.5) is 4.39 Å². The van der Waals surface area contributed by atoms with E-state index >= 15 is 0 Å². The predicted octanol–water partition coefficient (Wildman–Crippen LogP) is 4.08. The number of nitrogens with one attached hydrogen (secondary N) is 1. The molecule has 0 aliphatic heterocycles. The van der Waals surface area contributed by atoms with Crippen molar-refractivity contribution in [3.8, 4) is 5.75 Å². The molecule has 0 aromatic heterocycles. The van der Waals surface area contributed by atoms with Crippen molar-refractivity contribution < 1.29 is 18.7 Å². The van der Waals surface area contributed by atoms with E-state index in [-0.39, 0.29) is 30.8 Å². The second kappa shape index (κ2) is 11.0. The number of aryl methyl sites for hydroxylation is 1. The van der Waals surface area contributed by atoms with Crippen LogP contribution in [0.15, 0.2) is 46.9 Å². The lowest BCUT2D eigenvalue weighted by molar-refractivity contribution is -0.142. The third-order valence-electron chi connectivity index (χ3n) is 4.65. The minimum Gasteiger partial charge on any atom is -0.483 e. The van der Waals surface area contributed by atoms with Crippen molar-refractivity contribution in [2.24, 2.45) is 0 Å². The monoisotopic (exact) mass is 464 g/mol. The van der Waals surface area contributed by atoms with Gasteiger partial charge in [0, 0.05) is 13.6 Å². The van der Waals surface area contributed by atoms with Crippen LogP contribution in [0.3, 0.4) is 0 Å². The van der Waals surface area contributed by atoms with E-state index in [1.807, 2.05) is 25.1 Å². The van der Waals surface area contributed by atoms with Gasteiger partial charge in [0.15, 0.2) is 6.61 Å². The van der Waals surface area contributed by atoms with Gasteiger partial charge in [-0.3, -0.25) is 9.59 Å². The number of amides is 2. The van der Waals surface area contributed by atoms with Crippen LogP contribution < -0.4 is 10.1 Å². The van der Waals surface area contributed by atoms with E-state index in [4.69, 9.17) is 4.74 Å². The lowest BCUT2D eigenvalue weighted by atomic mass is 10.1. The molecule has 2 aromatic carbocycles.